The molecule has 0 saturated heterocycles. The lowest BCUT2D eigenvalue weighted by Gasteiger charge is -2.15. The van der Waals surface area contributed by atoms with Crippen LogP contribution in [0.3, 0.4) is 0 Å². The molecule has 0 spiro atoms. The summed E-state index contributed by atoms with van der Waals surface area (Å²) >= 11 is 0. The molecule has 0 unspecified atom stereocenters. The van der Waals surface area contributed by atoms with Crippen LogP contribution in [0.4, 0.5) is 0 Å². The molecule has 2 heterocycles. The van der Waals surface area contributed by atoms with Crippen molar-refractivity contribution in [2.24, 2.45) is 0 Å². The van der Waals surface area contributed by atoms with Gasteiger partial charge in [-0.15, -0.1) is 0 Å². The number of hydrogen-bond donors (Lipinski definition) is 0. The molecule has 0 atom stereocenters. The quantitative estimate of drug-likeness (QED) is 0.197. The van der Waals surface area contributed by atoms with Crippen LogP contribution in [0.25, 0.3) is 78.7 Å². The van der Waals surface area contributed by atoms with Gasteiger partial charge in [0, 0.05) is 38.6 Å². The Bertz CT molecular complexity index is 2190. The van der Waals surface area contributed by atoms with Crippen molar-refractivity contribution >= 4 is 10.8 Å². The molecule has 2 aromatic heterocycles. The fraction of sp³-hybridized carbons (Fsp3) is 0. The summed E-state index contributed by atoms with van der Waals surface area (Å²) in [7, 11) is 0. The van der Waals surface area contributed by atoms with Gasteiger partial charge >= 0.3 is 0 Å². The van der Waals surface area contributed by atoms with Crippen molar-refractivity contribution in [1.29, 1.82) is 0 Å². The fourth-order valence-corrected chi connectivity index (χ4v) is 5.85. The van der Waals surface area contributed by atoms with E-state index in [0.717, 1.165) is 61.2 Å². The molecule has 0 saturated carbocycles. The zero-order valence-electron chi connectivity index (χ0n) is 24.3. The minimum absolute atomic E-state index is 0.581. The maximum Gasteiger partial charge on any atom is 0.164 e. The van der Waals surface area contributed by atoms with Gasteiger partial charge in [0.1, 0.15) is 11.5 Å². The molecule has 6 aromatic carbocycles. The lowest BCUT2D eigenvalue weighted by atomic mass is 9.91. The Morgan fingerprint density at radius 3 is 1.29 bits per heavy atom. The molecule has 212 valence electrons. The second-order valence-corrected chi connectivity index (χ2v) is 10.8. The van der Waals surface area contributed by atoms with E-state index >= 15 is 0 Å². The molecule has 0 amide bonds. The lowest BCUT2D eigenvalue weighted by Crippen LogP contribution is -2.01. The van der Waals surface area contributed by atoms with Crippen molar-refractivity contribution < 1.29 is 4.42 Å². The normalized spacial score (nSPS) is 11.1. The van der Waals surface area contributed by atoms with Crippen molar-refractivity contribution in [1.82, 2.24) is 15.0 Å². The van der Waals surface area contributed by atoms with E-state index in [1.54, 1.807) is 0 Å². The standard InChI is InChI=1S/C41H27N3O/c1-5-16-28(17-6-1)32-26-15-27-35(36(32)38-34-25-14-13-24-33(34)37(45-38)29-18-7-2-8-19-29)41-43-39(30-20-9-3-10-21-30)42-40(44-41)31-22-11-4-12-23-31/h1-27H. The van der Waals surface area contributed by atoms with E-state index in [2.05, 4.69) is 78.9 Å². The van der Waals surface area contributed by atoms with E-state index in [9.17, 15) is 0 Å². The highest BCUT2D eigenvalue weighted by Crippen LogP contribution is 2.46. The summed E-state index contributed by atoms with van der Waals surface area (Å²) < 4.78 is 6.92. The maximum atomic E-state index is 6.92. The van der Waals surface area contributed by atoms with E-state index in [4.69, 9.17) is 19.4 Å². The molecule has 0 aliphatic heterocycles. The van der Waals surface area contributed by atoms with Gasteiger partial charge in [0.25, 0.3) is 0 Å². The molecular formula is C41H27N3O. The predicted octanol–water partition coefficient (Wildman–Crippen LogP) is 10.6. The van der Waals surface area contributed by atoms with Gasteiger partial charge in [0.15, 0.2) is 17.5 Å². The van der Waals surface area contributed by atoms with Crippen LogP contribution in [0.5, 0.6) is 0 Å². The smallest absolute Gasteiger partial charge is 0.164 e. The third kappa shape index (κ3) is 4.98. The van der Waals surface area contributed by atoms with E-state index < -0.39 is 0 Å². The molecular weight excluding hydrogens is 550 g/mol. The van der Waals surface area contributed by atoms with Crippen molar-refractivity contribution in [2.75, 3.05) is 0 Å². The highest BCUT2D eigenvalue weighted by atomic mass is 16.3. The number of aromatic nitrogens is 3. The van der Waals surface area contributed by atoms with E-state index in [1.807, 2.05) is 84.9 Å². The highest BCUT2D eigenvalue weighted by Gasteiger charge is 2.24. The van der Waals surface area contributed by atoms with Crippen LogP contribution in [0.2, 0.25) is 0 Å². The summed E-state index contributed by atoms with van der Waals surface area (Å²) in [6, 6.07) is 55.5. The van der Waals surface area contributed by atoms with E-state index in [0.29, 0.717) is 17.5 Å². The number of rotatable bonds is 6. The lowest BCUT2D eigenvalue weighted by molar-refractivity contribution is 0.602. The largest absolute Gasteiger partial charge is 0.455 e. The first-order valence-electron chi connectivity index (χ1n) is 15.0. The highest BCUT2D eigenvalue weighted by molar-refractivity contribution is 6.07. The van der Waals surface area contributed by atoms with Crippen LogP contribution in [-0.2, 0) is 0 Å². The fourth-order valence-electron chi connectivity index (χ4n) is 5.85. The molecule has 0 radical (unpaired) electrons. The molecule has 4 nitrogen and oxygen atoms in total. The summed E-state index contributed by atoms with van der Waals surface area (Å²) in [6.07, 6.45) is 0. The third-order valence-electron chi connectivity index (χ3n) is 7.97. The van der Waals surface area contributed by atoms with Crippen molar-refractivity contribution in [3.63, 3.8) is 0 Å². The van der Waals surface area contributed by atoms with Gasteiger partial charge in [-0.1, -0.05) is 164 Å². The molecule has 0 aliphatic rings. The van der Waals surface area contributed by atoms with Crippen LogP contribution in [-0.4, -0.2) is 15.0 Å². The summed E-state index contributed by atoms with van der Waals surface area (Å²) in [5.74, 6) is 3.43. The van der Waals surface area contributed by atoms with Gasteiger partial charge in [0.2, 0.25) is 0 Å². The molecule has 0 N–H and O–H groups in total. The third-order valence-corrected chi connectivity index (χ3v) is 7.97. The second-order valence-electron chi connectivity index (χ2n) is 10.8. The zero-order chi connectivity index (χ0) is 30.0. The van der Waals surface area contributed by atoms with Gasteiger partial charge < -0.3 is 4.42 Å². The number of furan rings is 1. The molecule has 0 fully saturated rings. The average molecular weight is 578 g/mol. The number of nitrogens with zero attached hydrogens (tertiary/aromatic N) is 3. The van der Waals surface area contributed by atoms with E-state index in [1.165, 1.54) is 0 Å². The SMILES string of the molecule is c1ccc(-c2nc(-c3ccccc3)nc(-c3cccc(-c4ccccc4)c3-c3oc(-c4ccccc4)c4ccccc34)n2)cc1. The Morgan fingerprint density at radius 1 is 0.311 bits per heavy atom. The minimum Gasteiger partial charge on any atom is -0.455 e. The Morgan fingerprint density at radius 2 is 0.733 bits per heavy atom. The minimum atomic E-state index is 0.581. The predicted molar refractivity (Wildman–Crippen MR) is 182 cm³/mol. The van der Waals surface area contributed by atoms with Crippen LogP contribution in [0, 0.1) is 0 Å². The topological polar surface area (TPSA) is 51.8 Å². The Balaban J connectivity index is 1.45. The summed E-state index contributed by atoms with van der Waals surface area (Å²) in [6.45, 7) is 0. The van der Waals surface area contributed by atoms with Crippen LogP contribution in [0.15, 0.2) is 168 Å². The second kappa shape index (κ2) is 11.5. The van der Waals surface area contributed by atoms with Crippen molar-refractivity contribution in [3.05, 3.63) is 164 Å². The monoisotopic (exact) mass is 577 g/mol. The molecule has 8 aromatic rings. The zero-order valence-corrected chi connectivity index (χ0v) is 24.3. The van der Waals surface area contributed by atoms with Gasteiger partial charge in [0.05, 0.1) is 0 Å². The molecule has 45 heavy (non-hydrogen) atoms. The number of fused-ring (bicyclic) bond motifs is 1. The number of benzene rings is 6. The Kier molecular flexibility index (Phi) is 6.78. The summed E-state index contributed by atoms with van der Waals surface area (Å²) in [4.78, 5) is 15.1. The first-order chi connectivity index (χ1) is 22.3. The van der Waals surface area contributed by atoms with Crippen LogP contribution in [0.1, 0.15) is 0 Å². The molecule has 0 bridgehead atoms. The van der Waals surface area contributed by atoms with Crippen molar-refractivity contribution in [3.8, 4) is 67.9 Å². The molecule has 4 heteroatoms. The average Bonchev–Trinajstić information content (AvgIpc) is 3.52. The summed E-state index contributed by atoms with van der Waals surface area (Å²) in [5.41, 5.74) is 6.80. The van der Waals surface area contributed by atoms with E-state index in [-0.39, 0.29) is 0 Å². The van der Waals surface area contributed by atoms with Gasteiger partial charge in [-0.25, -0.2) is 15.0 Å². The van der Waals surface area contributed by atoms with Crippen molar-refractivity contribution in [2.45, 2.75) is 0 Å². The Hall–Kier alpha value is -6.13. The summed E-state index contributed by atoms with van der Waals surface area (Å²) in [5, 5.41) is 2.08. The first-order valence-corrected chi connectivity index (χ1v) is 15.0. The van der Waals surface area contributed by atoms with Crippen LogP contribution >= 0.6 is 0 Å². The number of hydrogen-bond acceptors (Lipinski definition) is 4. The van der Waals surface area contributed by atoms with Gasteiger partial charge in [-0.05, 0) is 11.1 Å². The van der Waals surface area contributed by atoms with Gasteiger partial charge in [-0.2, -0.15) is 0 Å². The Labute approximate surface area is 261 Å². The maximum absolute atomic E-state index is 6.92. The first kappa shape index (κ1) is 26.5. The molecule has 0 aliphatic carbocycles. The van der Waals surface area contributed by atoms with Gasteiger partial charge in [-0.3, -0.25) is 0 Å². The van der Waals surface area contributed by atoms with Crippen LogP contribution < -0.4 is 0 Å². The molecule has 8 rings (SSSR count).